The van der Waals surface area contributed by atoms with Gasteiger partial charge in [-0.2, -0.15) is 4.37 Å². The molecule has 0 aliphatic heterocycles. The number of aryl methyl sites for hydroxylation is 2. The largest absolute Gasteiger partial charge is 0.497 e. The normalized spacial score (nSPS) is 10.9. The van der Waals surface area contributed by atoms with Crippen LogP contribution in [-0.2, 0) is 6.42 Å². The summed E-state index contributed by atoms with van der Waals surface area (Å²) in [4.78, 5) is 7.72. The van der Waals surface area contributed by atoms with Crippen molar-refractivity contribution < 1.29 is 9.47 Å². The molecule has 1 aromatic carbocycles. The number of rotatable bonds is 7. The lowest BCUT2D eigenvalue weighted by molar-refractivity contribution is 0.398. The molecular weight excluding hydrogens is 312 g/mol. The molecule has 0 aliphatic carbocycles. The smallest absolute Gasteiger partial charge is 0.202 e. The van der Waals surface area contributed by atoms with E-state index in [0.29, 0.717) is 0 Å². The molecule has 2 heterocycles. The number of hydrogen-bond acceptors (Lipinski definition) is 6. The number of hydrogen-bond donors (Lipinski definition) is 2. The molecule has 0 atom stereocenters. The minimum atomic E-state index is 0.788. The number of aromatic nitrogens is 3. The van der Waals surface area contributed by atoms with Crippen molar-refractivity contribution >= 4 is 27.6 Å². The molecule has 0 saturated heterocycles. The van der Waals surface area contributed by atoms with Crippen molar-refractivity contribution in [2.45, 2.75) is 19.8 Å². The van der Waals surface area contributed by atoms with Crippen LogP contribution < -0.4 is 14.8 Å². The van der Waals surface area contributed by atoms with E-state index in [0.717, 1.165) is 52.7 Å². The zero-order chi connectivity index (χ0) is 16.2. The number of aromatic amines is 1. The average Bonchev–Trinajstić information content (AvgIpc) is 3.16. The molecule has 0 saturated carbocycles. The van der Waals surface area contributed by atoms with Crippen LogP contribution in [-0.4, -0.2) is 35.1 Å². The second-order valence-electron chi connectivity index (χ2n) is 5.26. The highest BCUT2D eigenvalue weighted by atomic mass is 32.1. The van der Waals surface area contributed by atoms with Gasteiger partial charge in [0.1, 0.15) is 17.3 Å². The molecule has 23 heavy (non-hydrogen) atoms. The Morgan fingerprint density at radius 1 is 1.22 bits per heavy atom. The van der Waals surface area contributed by atoms with Crippen LogP contribution in [0.5, 0.6) is 11.5 Å². The van der Waals surface area contributed by atoms with E-state index in [4.69, 9.17) is 9.47 Å². The molecule has 0 unspecified atom stereocenters. The van der Waals surface area contributed by atoms with Crippen LogP contribution in [0.4, 0.5) is 5.13 Å². The monoisotopic (exact) mass is 332 g/mol. The quantitative estimate of drug-likeness (QED) is 0.649. The minimum absolute atomic E-state index is 0.788. The summed E-state index contributed by atoms with van der Waals surface area (Å²) in [5.41, 5.74) is 2.21. The van der Waals surface area contributed by atoms with E-state index < -0.39 is 0 Å². The third-order valence-corrected chi connectivity index (χ3v) is 4.38. The van der Waals surface area contributed by atoms with Crippen molar-refractivity contribution in [2.24, 2.45) is 0 Å². The number of methoxy groups -OCH3 is 2. The lowest BCUT2D eigenvalue weighted by atomic mass is 10.2. The van der Waals surface area contributed by atoms with Crippen LogP contribution in [0.15, 0.2) is 18.2 Å². The van der Waals surface area contributed by atoms with Gasteiger partial charge in [0.15, 0.2) is 0 Å². The van der Waals surface area contributed by atoms with E-state index in [1.807, 2.05) is 19.1 Å². The van der Waals surface area contributed by atoms with Crippen molar-refractivity contribution in [3.8, 4) is 11.5 Å². The summed E-state index contributed by atoms with van der Waals surface area (Å²) in [6.07, 6.45) is 1.95. The standard InChI is InChI=1S/C16H20N4O2S/c1-10-18-16(23-20-10)17-6-4-5-11-7-13-14(19-11)8-12(21-2)9-15(13)22-3/h7-9,19H,4-6H2,1-3H3,(H,17,18,20). The van der Waals surface area contributed by atoms with E-state index in [-0.39, 0.29) is 0 Å². The maximum atomic E-state index is 5.44. The van der Waals surface area contributed by atoms with Gasteiger partial charge in [0, 0.05) is 41.3 Å². The molecule has 0 fully saturated rings. The third-order valence-electron chi connectivity index (χ3n) is 3.61. The molecule has 2 N–H and O–H groups in total. The summed E-state index contributed by atoms with van der Waals surface area (Å²) in [6.45, 7) is 2.76. The molecule has 3 rings (SSSR count). The molecule has 0 bridgehead atoms. The zero-order valence-electron chi connectivity index (χ0n) is 13.5. The molecule has 2 aromatic heterocycles. The van der Waals surface area contributed by atoms with Crippen molar-refractivity contribution in [3.63, 3.8) is 0 Å². The van der Waals surface area contributed by atoms with Gasteiger partial charge in [0.25, 0.3) is 0 Å². The van der Waals surface area contributed by atoms with E-state index in [1.165, 1.54) is 17.2 Å². The van der Waals surface area contributed by atoms with Gasteiger partial charge < -0.3 is 19.8 Å². The predicted molar refractivity (Wildman–Crippen MR) is 92.9 cm³/mol. The number of H-pyrrole nitrogens is 1. The molecular formula is C16H20N4O2S. The molecule has 0 amide bonds. The maximum absolute atomic E-state index is 5.44. The van der Waals surface area contributed by atoms with Gasteiger partial charge in [0.2, 0.25) is 5.13 Å². The van der Waals surface area contributed by atoms with Gasteiger partial charge in [-0.1, -0.05) is 0 Å². The minimum Gasteiger partial charge on any atom is -0.497 e. The van der Waals surface area contributed by atoms with E-state index in [9.17, 15) is 0 Å². The zero-order valence-corrected chi connectivity index (χ0v) is 14.3. The number of nitrogens with one attached hydrogen (secondary N) is 2. The van der Waals surface area contributed by atoms with Gasteiger partial charge in [-0.3, -0.25) is 0 Å². The van der Waals surface area contributed by atoms with E-state index in [2.05, 4.69) is 25.7 Å². The Balaban J connectivity index is 1.64. The Bertz CT molecular complexity index is 797. The van der Waals surface area contributed by atoms with Crippen molar-refractivity contribution in [3.05, 3.63) is 29.7 Å². The first-order valence-electron chi connectivity index (χ1n) is 7.47. The van der Waals surface area contributed by atoms with Gasteiger partial charge in [-0.05, 0) is 25.8 Å². The Labute approximate surface area is 139 Å². The first-order chi connectivity index (χ1) is 11.2. The summed E-state index contributed by atoms with van der Waals surface area (Å²) in [7, 11) is 3.33. The second kappa shape index (κ2) is 6.87. The number of nitrogens with zero attached hydrogens (tertiary/aromatic N) is 2. The summed E-state index contributed by atoms with van der Waals surface area (Å²) in [6, 6.07) is 6.03. The number of benzene rings is 1. The highest BCUT2D eigenvalue weighted by molar-refractivity contribution is 7.09. The second-order valence-corrected chi connectivity index (χ2v) is 6.01. The molecule has 0 radical (unpaired) electrons. The molecule has 0 spiro atoms. The number of fused-ring (bicyclic) bond motifs is 1. The number of ether oxygens (including phenoxy) is 2. The Hall–Kier alpha value is -2.28. The molecule has 3 aromatic rings. The van der Waals surface area contributed by atoms with Gasteiger partial charge in [-0.15, -0.1) is 0 Å². The molecule has 7 heteroatoms. The molecule has 0 aliphatic rings. The van der Waals surface area contributed by atoms with Crippen molar-refractivity contribution in [2.75, 3.05) is 26.1 Å². The van der Waals surface area contributed by atoms with Crippen LogP contribution in [0.1, 0.15) is 17.9 Å². The third kappa shape index (κ3) is 3.56. The first kappa shape index (κ1) is 15.6. The van der Waals surface area contributed by atoms with Crippen molar-refractivity contribution in [1.82, 2.24) is 14.3 Å². The van der Waals surface area contributed by atoms with Crippen LogP contribution >= 0.6 is 11.5 Å². The highest BCUT2D eigenvalue weighted by Crippen LogP contribution is 2.31. The highest BCUT2D eigenvalue weighted by Gasteiger charge is 2.09. The van der Waals surface area contributed by atoms with Crippen molar-refractivity contribution in [1.29, 1.82) is 0 Å². The van der Waals surface area contributed by atoms with Crippen LogP contribution in [0, 0.1) is 6.92 Å². The number of anilines is 1. The summed E-state index contributed by atoms with van der Waals surface area (Å²) < 4.78 is 14.9. The summed E-state index contributed by atoms with van der Waals surface area (Å²) >= 11 is 1.40. The van der Waals surface area contributed by atoms with Gasteiger partial charge >= 0.3 is 0 Å². The topological polar surface area (TPSA) is 72.1 Å². The van der Waals surface area contributed by atoms with E-state index >= 15 is 0 Å². The SMILES string of the molecule is COc1cc(OC)c2cc(CCCNc3nc(C)ns3)[nH]c2c1. The van der Waals surface area contributed by atoms with Crippen LogP contribution in [0.2, 0.25) is 0 Å². The summed E-state index contributed by atoms with van der Waals surface area (Å²) in [5, 5.41) is 5.26. The van der Waals surface area contributed by atoms with Crippen LogP contribution in [0.3, 0.4) is 0 Å². The van der Waals surface area contributed by atoms with E-state index in [1.54, 1.807) is 14.2 Å². The molecule has 6 nitrogen and oxygen atoms in total. The first-order valence-corrected chi connectivity index (χ1v) is 8.24. The fourth-order valence-corrected chi connectivity index (χ4v) is 3.10. The fourth-order valence-electron chi connectivity index (χ4n) is 2.50. The molecule has 122 valence electrons. The lowest BCUT2D eigenvalue weighted by Gasteiger charge is -2.04. The van der Waals surface area contributed by atoms with Gasteiger partial charge in [0.05, 0.1) is 19.7 Å². The Morgan fingerprint density at radius 2 is 2.09 bits per heavy atom. The summed E-state index contributed by atoms with van der Waals surface area (Å²) in [5.74, 6) is 2.43. The maximum Gasteiger partial charge on any atom is 0.202 e. The fraction of sp³-hybridized carbons (Fsp3) is 0.375. The van der Waals surface area contributed by atoms with Gasteiger partial charge in [-0.25, -0.2) is 4.98 Å². The average molecular weight is 332 g/mol. The lowest BCUT2D eigenvalue weighted by Crippen LogP contribution is -2.02. The predicted octanol–water partition coefficient (Wildman–Crippen LogP) is 3.39. The van der Waals surface area contributed by atoms with Crippen LogP contribution in [0.25, 0.3) is 10.9 Å². The Kier molecular flexibility index (Phi) is 4.66. The Morgan fingerprint density at radius 3 is 2.78 bits per heavy atom.